The molecule has 2 aliphatic heterocycles. The second kappa shape index (κ2) is 11.9. The van der Waals surface area contributed by atoms with Crippen molar-refractivity contribution in [3.05, 3.63) is 132 Å². The van der Waals surface area contributed by atoms with Crippen molar-refractivity contribution in [1.82, 2.24) is 9.97 Å². The van der Waals surface area contributed by atoms with E-state index >= 15 is 0 Å². The van der Waals surface area contributed by atoms with Crippen molar-refractivity contribution >= 4 is 11.8 Å². The van der Waals surface area contributed by atoms with E-state index in [1.165, 1.54) is 17.8 Å². The molecule has 3 atom stereocenters. The summed E-state index contributed by atoms with van der Waals surface area (Å²) in [6.07, 6.45) is 3.46. The van der Waals surface area contributed by atoms with E-state index in [0.29, 0.717) is 5.03 Å². The molecule has 5 heteroatoms. The zero-order valence-electron chi connectivity index (χ0n) is 24.5. The van der Waals surface area contributed by atoms with E-state index in [-0.39, 0.29) is 61.1 Å². The molecule has 1 aromatic carbocycles. The van der Waals surface area contributed by atoms with Crippen LogP contribution in [0.25, 0.3) is 16.6 Å². The molecule has 3 nitrogen and oxygen atoms in total. The first-order valence-corrected chi connectivity index (χ1v) is 10.7. The molecule has 0 bridgehead atoms. The van der Waals surface area contributed by atoms with Crippen LogP contribution in [0, 0.1) is 19.5 Å². The molecule has 0 spiro atoms. The molecular weight excluding hydrogens is 603 g/mol. The molecule has 2 aliphatic rings. The Morgan fingerprint density at radius 3 is 2.94 bits per heavy atom. The van der Waals surface area contributed by atoms with Crippen molar-refractivity contribution in [1.29, 1.82) is 0 Å². The number of hydrogen-bond acceptors (Lipinski definition) is 3. The predicted molar refractivity (Wildman–Crippen MR) is 133 cm³/mol. The number of thioether (sulfide) groups is 1. The summed E-state index contributed by atoms with van der Waals surface area (Å²) in [6.45, 7) is 6.48. The van der Waals surface area contributed by atoms with Gasteiger partial charge in [0.15, 0.2) is 0 Å². The summed E-state index contributed by atoms with van der Waals surface area (Å²) in [7, 11) is 0. The fourth-order valence-electron chi connectivity index (χ4n) is 3.28. The molecule has 2 aromatic heterocycles. The van der Waals surface area contributed by atoms with Crippen LogP contribution in [0.15, 0.2) is 108 Å². The van der Waals surface area contributed by atoms with Crippen LogP contribution in [0.5, 0.6) is 0 Å². The standard InChI is InChI=1S/C17H16N2S.C11H8N.Ir/c1-4-13-14-9-8-11(2)19-17(14)20-16(13)12(3)15-7-5-6-10-18-15;1-2-6-10(7-3-1)11-8-4-5-9-12-11;/h3-9,13,16H,1,10H2,2H3;1-6,8-9H;/q-2;-1;+3/i2D3,5D,6D,7D,10D;;. The molecule has 5 rings (SSSR count). The quantitative estimate of drug-likeness (QED) is 0.233. The molecule has 3 unspecified atom stereocenters. The Balaban J connectivity index is 0.000000283. The number of rotatable bonds is 4. The third kappa shape index (κ3) is 6.00. The van der Waals surface area contributed by atoms with Crippen LogP contribution in [0.1, 0.15) is 26.8 Å². The minimum atomic E-state index is -2.32. The number of pyridine rings is 2. The molecule has 3 aromatic rings. The smallest absolute Gasteiger partial charge is 0.766 e. The van der Waals surface area contributed by atoms with Gasteiger partial charge in [-0.3, -0.25) is 6.58 Å². The average molecular weight is 634 g/mol. The second-order valence-corrected chi connectivity index (χ2v) is 7.97. The number of aromatic nitrogens is 2. The summed E-state index contributed by atoms with van der Waals surface area (Å²) in [5, 5.41) is 4.08. The molecule has 0 amide bonds. The molecule has 0 radical (unpaired) electrons. The third-order valence-corrected chi connectivity index (χ3v) is 6.16. The summed E-state index contributed by atoms with van der Waals surface area (Å²) in [5.74, 6) is -0.279. The van der Waals surface area contributed by atoms with E-state index in [2.05, 4.69) is 27.9 Å². The Kier molecular flexibility index (Phi) is 6.09. The summed E-state index contributed by atoms with van der Waals surface area (Å²) in [6, 6.07) is 19.0. The van der Waals surface area contributed by atoms with E-state index in [9.17, 15) is 0 Å². The van der Waals surface area contributed by atoms with Gasteiger partial charge in [0.1, 0.15) is 5.03 Å². The van der Waals surface area contributed by atoms with Crippen LogP contribution in [-0.4, -0.2) is 21.7 Å². The van der Waals surface area contributed by atoms with Gasteiger partial charge in [0, 0.05) is 29.9 Å². The monoisotopic (exact) mass is 634 g/mol. The molecule has 166 valence electrons. The molecular formula is C28H24IrN3S. The van der Waals surface area contributed by atoms with Crippen LogP contribution < -0.4 is 0 Å². The minimum Gasteiger partial charge on any atom is -0.766 e. The maximum atomic E-state index is 8.06. The topological polar surface area (TPSA) is 39.9 Å². The van der Waals surface area contributed by atoms with Crippen molar-refractivity contribution in [3.63, 3.8) is 0 Å². The molecule has 4 heterocycles. The predicted octanol–water partition coefficient (Wildman–Crippen LogP) is 6.87. The van der Waals surface area contributed by atoms with Crippen LogP contribution in [0.3, 0.4) is 0 Å². The van der Waals surface area contributed by atoms with Gasteiger partial charge in [-0.15, -0.1) is 66.8 Å². The Labute approximate surface area is 224 Å². The maximum absolute atomic E-state index is 8.06. The van der Waals surface area contributed by atoms with Gasteiger partial charge in [0.2, 0.25) is 0 Å². The molecule has 33 heavy (non-hydrogen) atoms. The third-order valence-electron chi connectivity index (χ3n) is 4.81. The SMILES string of the molecule is [2H]C1=C(C(=[CH-])C2Sc3nc(C([2H])([2H])[2H])ccc3C2C=C)[N-]C([2H])C([2H])=C1[2H].[Ir+3].[c-]1ccccc1-c1ccccn1. The van der Waals surface area contributed by atoms with Crippen LogP contribution in [0.2, 0.25) is 0 Å². The number of nitrogens with zero attached hydrogens (tertiary/aromatic N) is 3. The van der Waals surface area contributed by atoms with Gasteiger partial charge < -0.3 is 16.0 Å². The molecule has 0 N–H and O–H groups in total. The molecule has 0 saturated heterocycles. The molecule has 0 saturated carbocycles. The molecule has 0 fully saturated rings. The number of hydrogen-bond donors (Lipinski definition) is 0. The number of fused-ring (bicyclic) bond motifs is 1. The fraction of sp³-hybridized carbons (Fsp3) is 0.143. The average Bonchev–Trinajstić information content (AvgIpc) is 3.32. The van der Waals surface area contributed by atoms with Crippen molar-refractivity contribution in [2.24, 2.45) is 0 Å². The summed E-state index contributed by atoms with van der Waals surface area (Å²) < 4.78 is 53.9. The van der Waals surface area contributed by atoms with Crippen LogP contribution >= 0.6 is 11.8 Å². The summed E-state index contributed by atoms with van der Waals surface area (Å²) in [5.41, 5.74) is 2.99. The Morgan fingerprint density at radius 1 is 1.33 bits per heavy atom. The van der Waals surface area contributed by atoms with Gasteiger partial charge in [0.05, 0.1) is 2.74 Å². The van der Waals surface area contributed by atoms with Gasteiger partial charge in [-0.25, -0.2) is 10.6 Å². The van der Waals surface area contributed by atoms with Gasteiger partial charge in [0.25, 0.3) is 0 Å². The van der Waals surface area contributed by atoms with E-state index in [4.69, 9.17) is 16.2 Å². The number of allylic oxidation sites excluding steroid dienone is 4. The van der Waals surface area contributed by atoms with Crippen molar-refractivity contribution < 1.29 is 29.7 Å². The fourth-order valence-corrected chi connectivity index (χ4v) is 4.65. The number of benzene rings is 1. The first-order valence-electron chi connectivity index (χ1n) is 13.4. The van der Waals surface area contributed by atoms with E-state index in [1.807, 2.05) is 42.5 Å². The molecule has 0 aliphatic carbocycles. The van der Waals surface area contributed by atoms with E-state index in [1.54, 1.807) is 18.3 Å². The Hall–Kier alpha value is -2.72. The van der Waals surface area contributed by atoms with E-state index < -0.39 is 18.6 Å². The zero-order valence-corrected chi connectivity index (χ0v) is 20.7. The van der Waals surface area contributed by atoms with Crippen molar-refractivity contribution in [2.45, 2.75) is 23.0 Å². The van der Waals surface area contributed by atoms with Gasteiger partial charge in [-0.05, 0) is 30.2 Å². The largest absolute Gasteiger partial charge is 3.00 e. The second-order valence-electron chi connectivity index (χ2n) is 6.84. The number of aryl methyl sites for hydroxylation is 1. The van der Waals surface area contributed by atoms with Crippen LogP contribution in [0.4, 0.5) is 0 Å². The summed E-state index contributed by atoms with van der Waals surface area (Å²) in [4.78, 5) is 8.46. The first kappa shape index (κ1) is 16.8. The van der Waals surface area contributed by atoms with Crippen molar-refractivity contribution in [3.8, 4) is 11.3 Å². The van der Waals surface area contributed by atoms with E-state index in [0.717, 1.165) is 16.8 Å². The van der Waals surface area contributed by atoms with Crippen LogP contribution in [-0.2, 0) is 20.1 Å². The van der Waals surface area contributed by atoms with Gasteiger partial charge in [-0.2, -0.15) is 6.05 Å². The normalized spacial score (nSPS) is 24.5. The minimum absolute atomic E-state index is 0. The zero-order chi connectivity index (χ0) is 28.3. The first-order chi connectivity index (χ1) is 18.5. The Bertz CT molecular complexity index is 1410. The maximum Gasteiger partial charge on any atom is 3.00 e. The van der Waals surface area contributed by atoms with Gasteiger partial charge >= 0.3 is 20.1 Å². The van der Waals surface area contributed by atoms with Gasteiger partial charge in [-0.1, -0.05) is 30.3 Å². The summed E-state index contributed by atoms with van der Waals surface area (Å²) >= 11 is 1.25. The van der Waals surface area contributed by atoms with Crippen molar-refractivity contribution in [2.75, 3.05) is 6.52 Å². The Morgan fingerprint density at radius 2 is 2.21 bits per heavy atom.